The van der Waals surface area contributed by atoms with Crippen LogP contribution >= 0.6 is 0 Å². The van der Waals surface area contributed by atoms with Crippen LogP contribution in [0.25, 0.3) is 0 Å². The first-order valence-corrected chi connectivity index (χ1v) is 4.84. The largest absolute Gasteiger partial charge is 0.102 e. The first kappa shape index (κ1) is 10.0. The monoisotopic (exact) mass is 174 g/mol. The Morgan fingerprint density at radius 2 is 2.00 bits per heavy atom. The first-order chi connectivity index (χ1) is 6.15. The second-order valence-corrected chi connectivity index (χ2v) is 3.92. The molecule has 0 aliphatic heterocycles. The Labute approximate surface area is 81.3 Å². The second kappa shape index (κ2) is 4.27. The summed E-state index contributed by atoms with van der Waals surface area (Å²) in [6.45, 7) is 10.5. The van der Waals surface area contributed by atoms with E-state index in [2.05, 4.69) is 51.6 Å². The van der Waals surface area contributed by atoms with Gasteiger partial charge >= 0.3 is 0 Å². The van der Waals surface area contributed by atoms with E-state index in [0.29, 0.717) is 11.8 Å². The molecule has 0 aliphatic rings. The van der Waals surface area contributed by atoms with Crippen LogP contribution in [-0.4, -0.2) is 0 Å². The van der Waals surface area contributed by atoms with Crippen molar-refractivity contribution in [3.63, 3.8) is 0 Å². The molecule has 70 valence electrons. The van der Waals surface area contributed by atoms with Gasteiger partial charge < -0.3 is 0 Å². The van der Waals surface area contributed by atoms with E-state index in [9.17, 15) is 0 Å². The van der Waals surface area contributed by atoms with E-state index >= 15 is 0 Å². The molecule has 0 aromatic heterocycles. The van der Waals surface area contributed by atoms with Crippen molar-refractivity contribution in [2.24, 2.45) is 5.92 Å². The lowest BCUT2D eigenvalue weighted by molar-refractivity contribution is 0.579. The van der Waals surface area contributed by atoms with Crippen molar-refractivity contribution in [3.8, 4) is 0 Å². The maximum absolute atomic E-state index is 3.89. The lowest BCUT2D eigenvalue weighted by atomic mass is 9.88. The molecule has 0 unspecified atom stereocenters. The Morgan fingerprint density at radius 1 is 1.31 bits per heavy atom. The number of aryl methyl sites for hydroxylation is 1. The van der Waals surface area contributed by atoms with Gasteiger partial charge in [-0.15, -0.1) is 6.58 Å². The molecule has 0 N–H and O–H groups in total. The third-order valence-corrected chi connectivity index (χ3v) is 2.40. The number of rotatable bonds is 3. The van der Waals surface area contributed by atoms with Crippen LogP contribution in [0.1, 0.15) is 30.9 Å². The predicted octanol–water partition coefficient (Wildman–Crippen LogP) is 3.92. The van der Waals surface area contributed by atoms with Crippen molar-refractivity contribution in [1.82, 2.24) is 0 Å². The van der Waals surface area contributed by atoms with Gasteiger partial charge in [-0.05, 0) is 18.4 Å². The van der Waals surface area contributed by atoms with Crippen LogP contribution in [0, 0.1) is 12.8 Å². The summed E-state index contributed by atoms with van der Waals surface area (Å²) in [6, 6.07) is 8.67. The van der Waals surface area contributed by atoms with E-state index in [1.807, 2.05) is 6.08 Å². The van der Waals surface area contributed by atoms with Gasteiger partial charge in [0.1, 0.15) is 0 Å². The molecule has 0 saturated carbocycles. The Kier molecular flexibility index (Phi) is 3.30. The van der Waals surface area contributed by atoms with Crippen molar-refractivity contribution in [2.75, 3.05) is 0 Å². The number of benzene rings is 1. The summed E-state index contributed by atoms with van der Waals surface area (Å²) in [5.74, 6) is 1.11. The third kappa shape index (κ3) is 2.45. The van der Waals surface area contributed by atoms with Crippen LogP contribution in [0.5, 0.6) is 0 Å². The van der Waals surface area contributed by atoms with Gasteiger partial charge in [0.2, 0.25) is 0 Å². The van der Waals surface area contributed by atoms with Crippen molar-refractivity contribution in [1.29, 1.82) is 0 Å². The van der Waals surface area contributed by atoms with Crippen LogP contribution in [0.3, 0.4) is 0 Å². The van der Waals surface area contributed by atoms with Gasteiger partial charge in [0.25, 0.3) is 0 Å². The summed E-state index contributed by atoms with van der Waals surface area (Å²) in [5, 5.41) is 0. The summed E-state index contributed by atoms with van der Waals surface area (Å²) in [4.78, 5) is 0. The van der Waals surface area contributed by atoms with Crippen molar-refractivity contribution in [2.45, 2.75) is 26.7 Å². The van der Waals surface area contributed by atoms with Gasteiger partial charge in [0, 0.05) is 5.92 Å². The fourth-order valence-electron chi connectivity index (χ4n) is 1.67. The van der Waals surface area contributed by atoms with E-state index < -0.39 is 0 Å². The fraction of sp³-hybridized carbons (Fsp3) is 0.385. The highest BCUT2D eigenvalue weighted by molar-refractivity contribution is 5.28. The molecule has 0 heteroatoms. The summed E-state index contributed by atoms with van der Waals surface area (Å²) in [6.07, 6.45) is 2.04. The van der Waals surface area contributed by atoms with Crippen molar-refractivity contribution in [3.05, 3.63) is 48.0 Å². The Morgan fingerprint density at radius 3 is 2.46 bits per heavy atom. The molecule has 0 saturated heterocycles. The summed E-state index contributed by atoms with van der Waals surface area (Å²) < 4.78 is 0. The van der Waals surface area contributed by atoms with Crippen molar-refractivity contribution < 1.29 is 0 Å². The average molecular weight is 174 g/mol. The molecular weight excluding hydrogens is 156 g/mol. The smallest absolute Gasteiger partial charge is 0.00384 e. The fourth-order valence-corrected chi connectivity index (χ4v) is 1.67. The Balaban J connectivity index is 2.98. The summed E-state index contributed by atoms with van der Waals surface area (Å²) >= 11 is 0. The molecule has 13 heavy (non-hydrogen) atoms. The van der Waals surface area contributed by atoms with E-state index in [-0.39, 0.29) is 0 Å². The minimum Gasteiger partial charge on any atom is -0.102 e. The van der Waals surface area contributed by atoms with E-state index in [1.54, 1.807) is 0 Å². The normalized spacial score (nSPS) is 12.9. The third-order valence-electron chi connectivity index (χ3n) is 2.40. The van der Waals surface area contributed by atoms with E-state index in [1.165, 1.54) is 11.1 Å². The molecule has 0 bridgehead atoms. The quantitative estimate of drug-likeness (QED) is 0.609. The lowest BCUT2D eigenvalue weighted by Gasteiger charge is -2.17. The molecular formula is C13H18. The topological polar surface area (TPSA) is 0 Å². The predicted molar refractivity (Wildman–Crippen MR) is 59.0 cm³/mol. The molecule has 0 radical (unpaired) electrons. The minimum atomic E-state index is 0.486. The maximum Gasteiger partial charge on any atom is 0.00384 e. The zero-order valence-corrected chi connectivity index (χ0v) is 8.75. The molecule has 0 nitrogen and oxygen atoms in total. The molecule has 0 fully saturated rings. The SMILES string of the molecule is C=C[C@H](c1cccc(C)c1)C(C)C. The highest BCUT2D eigenvalue weighted by Crippen LogP contribution is 2.25. The molecule has 0 spiro atoms. The molecule has 0 amide bonds. The lowest BCUT2D eigenvalue weighted by Crippen LogP contribution is -2.03. The van der Waals surface area contributed by atoms with Gasteiger partial charge in [0.05, 0.1) is 0 Å². The van der Waals surface area contributed by atoms with Crippen LogP contribution in [0.4, 0.5) is 0 Å². The summed E-state index contributed by atoms with van der Waals surface area (Å²) in [7, 11) is 0. The van der Waals surface area contributed by atoms with Crippen LogP contribution in [-0.2, 0) is 0 Å². The van der Waals surface area contributed by atoms with Gasteiger partial charge in [-0.25, -0.2) is 0 Å². The zero-order valence-electron chi connectivity index (χ0n) is 8.75. The van der Waals surface area contributed by atoms with Crippen LogP contribution in [0.2, 0.25) is 0 Å². The first-order valence-electron chi connectivity index (χ1n) is 4.84. The van der Waals surface area contributed by atoms with Gasteiger partial charge in [0.15, 0.2) is 0 Å². The molecule has 1 aromatic rings. The van der Waals surface area contributed by atoms with Crippen LogP contribution < -0.4 is 0 Å². The van der Waals surface area contributed by atoms with Crippen molar-refractivity contribution >= 4 is 0 Å². The average Bonchev–Trinajstić information content (AvgIpc) is 2.04. The maximum atomic E-state index is 3.89. The minimum absolute atomic E-state index is 0.486. The zero-order chi connectivity index (χ0) is 9.84. The van der Waals surface area contributed by atoms with E-state index in [0.717, 1.165) is 0 Å². The molecule has 1 aromatic carbocycles. The number of allylic oxidation sites excluding steroid dienone is 1. The van der Waals surface area contributed by atoms with E-state index in [4.69, 9.17) is 0 Å². The second-order valence-electron chi connectivity index (χ2n) is 3.92. The summed E-state index contributed by atoms with van der Waals surface area (Å²) in [5.41, 5.74) is 2.70. The molecule has 1 rings (SSSR count). The standard InChI is InChI=1S/C13H18/c1-5-13(10(2)3)12-8-6-7-11(4)9-12/h5-10,13H,1H2,2-4H3/t13-/m0/s1. The highest BCUT2D eigenvalue weighted by Gasteiger charge is 2.10. The molecule has 1 atom stereocenters. The van der Waals surface area contributed by atoms with Gasteiger partial charge in [-0.3, -0.25) is 0 Å². The highest BCUT2D eigenvalue weighted by atomic mass is 14.2. The Hall–Kier alpha value is -1.04. The molecule has 0 aliphatic carbocycles. The molecule has 0 heterocycles. The Bertz CT molecular complexity index is 284. The van der Waals surface area contributed by atoms with Crippen LogP contribution in [0.15, 0.2) is 36.9 Å². The number of hydrogen-bond acceptors (Lipinski definition) is 0. The van der Waals surface area contributed by atoms with Gasteiger partial charge in [-0.1, -0.05) is 49.8 Å². The van der Waals surface area contributed by atoms with Gasteiger partial charge in [-0.2, -0.15) is 0 Å². The number of hydrogen-bond donors (Lipinski definition) is 0.